The molecule has 3 aromatic rings. The van der Waals surface area contributed by atoms with E-state index in [0.29, 0.717) is 22.6 Å². The summed E-state index contributed by atoms with van der Waals surface area (Å²) < 4.78 is 5.16. The first-order chi connectivity index (χ1) is 13.6. The predicted molar refractivity (Wildman–Crippen MR) is 110 cm³/mol. The lowest BCUT2D eigenvalue weighted by Gasteiger charge is -2.14. The smallest absolute Gasteiger partial charge is 0.255 e. The molecule has 0 saturated carbocycles. The van der Waals surface area contributed by atoms with Crippen molar-refractivity contribution in [3.05, 3.63) is 95.6 Å². The Labute approximate surface area is 164 Å². The largest absolute Gasteiger partial charge is 0.497 e. The molecule has 0 fully saturated rings. The summed E-state index contributed by atoms with van der Waals surface area (Å²) in [6.07, 6.45) is 0. The number of rotatable bonds is 6. The number of hydrogen-bond acceptors (Lipinski definition) is 3. The van der Waals surface area contributed by atoms with E-state index in [2.05, 4.69) is 10.6 Å². The van der Waals surface area contributed by atoms with Gasteiger partial charge in [0, 0.05) is 22.9 Å². The Morgan fingerprint density at radius 3 is 2.21 bits per heavy atom. The van der Waals surface area contributed by atoms with Gasteiger partial charge in [-0.15, -0.1) is 0 Å². The SMILES string of the molecule is COc1cccc(NC(=O)c2cccc(C(=O)NC(C)c3ccccc3)c2)c1. The second-order valence-corrected chi connectivity index (χ2v) is 6.37. The number of amides is 2. The van der Waals surface area contributed by atoms with Crippen molar-refractivity contribution in [2.75, 3.05) is 12.4 Å². The molecule has 0 spiro atoms. The van der Waals surface area contributed by atoms with Crippen molar-refractivity contribution in [1.82, 2.24) is 5.32 Å². The molecule has 28 heavy (non-hydrogen) atoms. The van der Waals surface area contributed by atoms with Gasteiger partial charge in [-0.3, -0.25) is 9.59 Å². The molecule has 3 rings (SSSR count). The van der Waals surface area contributed by atoms with Crippen molar-refractivity contribution in [2.45, 2.75) is 13.0 Å². The van der Waals surface area contributed by atoms with Crippen LogP contribution in [0.1, 0.15) is 39.2 Å². The molecule has 5 nitrogen and oxygen atoms in total. The maximum Gasteiger partial charge on any atom is 0.255 e. The normalized spacial score (nSPS) is 11.4. The lowest BCUT2D eigenvalue weighted by atomic mass is 10.1. The lowest BCUT2D eigenvalue weighted by Crippen LogP contribution is -2.27. The van der Waals surface area contributed by atoms with Crippen molar-refractivity contribution in [3.63, 3.8) is 0 Å². The van der Waals surface area contributed by atoms with Crippen LogP contribution in [0, 0.1) is 0 Å². The van der Waals surface area contributed by atoms with Crippen LogP contribution in [-0.4, -0.2) is 18.9 Å². The van der Waals surface area contributed by atoms with E-state index in [1.54, 1.807) is 55.6 Å². The Balaban J connectivity index is 1.70. The number of benzene rings is 3. The molecule has 0 aliphatic carbocycles. The molecule has 5 heteroatoms. The molecule has 3 aromatic carbocycles. The van der Waals surface area contributed by atoms with E-state index in [1.165, 1.54) is 0 Å². The average Bonchev–Trinajstić information content (AvgIpc) is 2.74. The first-order valence-electron chi connectivity index (χ1n) is 8.98. The van der Waals surface area contributed by atoms with Crippen molar-refractivity contribution in [3.8, 4) is 5.75 Å². The number of ether oxygens (including phenoxy) is 1. The fraction of sp³-hybridized carbons (Fsp3) is 0.130. The summed E-state index contributed by atoms with van der Waals surface area (Å²) in [7, 11) is 1.57. The molecule has 0 saturated heterocycles. The second kappa shape index (κ2) is 8.86. The second-order valence-electron chi connectivity index (χ2n) is 6.37. The number of nitrogens with one attached hydrogen (secondary N) is 2. The van der Waals surface area contributed by atoms with Crippen LogP contribution in [0.2, 0.25) is 0 Å². The van der Waals surface area contributed by atoms with Gasteiger partial charge in [0.25, 0.3) is 11.8 Å². The summed E-state index contributed by atoms with van der Waals surface area (Å²) >= 11 is 0. The minimum absolute atomic E-state index is 0.136. The Hall–Kier alpha value is -3.60. The topological polar surface area (TPSA) is 67.4 Å². The third-order valence-corrected chi connectivity index (χ3v) is 4.36. The molecule has 0 aliphatic heterocycles. The van der Waals surface area contributed by atoms with E-state index in [1.807, 2.05) is 37.3 Å². The summed E-state index contributed by atoms with van der Waals surface area (Å²) in [4.78, 5) is 25.1. The number of anilines is 1. The molecule has 2 N–H and O–H groups in total. The maximum atomic E-state index is 12.6. The van der Waals surface area contributed by atoms with Gasteiger partial charge in [-0.1, -0.05) is 42.5 Å². The number of methoxy groups -OCH3 is 1. The minimum Gasteiger partial charge on any atom is -0.497 e. The lowest BCUT2D eigenvalue weighted by molar-refractivity contribution is 0.0940. The Morgan fingerprint density at radius 2 is 1.50 bits per heavy atom. The molecule has 0 heterocycles. The van der Waals surface area contributed by atoms with Crippen molar-refractivity contribution in [2.24, 2.45) is 0 Å². The summed E-state index contributed by atoms with van der Waals surface area (Å²) in [5, 5.41) is 5.77. The van der Waals surface area contributed by atoms with Crippen LogP contribution < -0.4 is 15.4 Å². The quantitative estimate of drug-likeness (QED) is 0.670. The van der Waals surface area contributed by atoms with E-state index >= 15 is 0 Å². The zero-order valence-electron chi connectivity index (χ0n) is 15.8. The Kier molecular flexibility index (Phi) is 6.07. The van der Waals surface area contributed by atoms with Gasteiger partial charge in [-0.2, -0.15) is 0 Å². The minimum atomic E-state index is -0.293. The molecule has 2 amide bonds. The highest BCUT2D eigenvalue weighted by Crippen LogP contribution is 2.18. The van der Waals surface area contributed by atoms with Gasteiger partial charge >= 0.3 is 0 Å². The fourth-order valence-corrected chi connectivity index (χ4v) is 2.81. The summed E-state index contributed by atoms with van der Waals surface area (Å²) in [6, 6.07) is 23.3. The van der Waals surface area contributed by atoms with Crippen molar-refractivity contribution < 1.29 is 14.3 Å². The Morgan fingerprint density at radius 1 is 0.821 bits per heavy atom. The molecular weight excluding hydrogens is 352 g/mol. The summed E-state index contributed by atoms with van der Waals surface area (Å²) in [5.41, 5.74) is 2.48. The fourth-order valence-electron chi connectivity index (χ4n) is 2.81. The van der Waals surface area contributed by atoms with Gasteiger partial charge in [-0.25, -0.2) is 0 Å². The van der Waals surface area contributed by atoms with Crippen LogP contribution in [0.25, 0.3) is 0 Å². The van der Waals surface area contributed by atoms with E-state index in [9.17, 15) is 9.59 Å². The standard InChI is InChI=1S/C23H22N2O3/c1-16(17-8-4-3-5-9-17)24-22(26)18-10-6-11-19(14-18)23(27)25-20-12-7-13-21(15-20)28-2/h3-16H,1-2H3,(H,24,26)(H,25,27). The molecule has 1 unspecified atom stereocenters. The number of carbonyl (C=O) groups excluding carboxylic acids is 2. The van der Waals surface area contributed by atoms with Crippen LogP contribution in [0.5, 0.6) is 5.75 Å². The average molecular weight is 374 g/mol. The zero-order valence-corrected chi connectivity index (χ0v) is 15.8. The van der Waals surface area contributed by atoms with Crippen molar-refractivity contribution >= 4 is 17.5 Å². The highest BCUT2D eigenvalue weighted by atomic mass is 16.5. The predicted octanol–water partition coefficient (Wildman–Crippen LogP) is 4.44. The molecule has 1 atom stereocenters. The summed E-state index contributed by atoms with van der Waals surface area (Å²) in [5.74, 6) is 0.132. The molecule has 0 bridgehead atoms. The van der Waals surface area contributed by atoms with Gasteiger partial charge in [0.15, 0.2) is 0 Å². The number of carbonyl (C=O) groups is 2. The third kappa shape index (κ3) is 4.76. The monoisotopic (exact) mass is 374 g/mol. The molecule has 142 valence electrons. The first kappa shape index (κ1) is 19.2. The summed E-state index contributed by atoms with van der Waals surface area (Å²) in [6.45, 7) is 1.92. The van der Waals surface area contributed by atoms with E-state index in [0.717, 1.165) is 5.56 Å². The molecule has 0 aromatic heterocycles. The van der Waals surface area contributed by atoms with Crippen LogP contribution >= 0.6 is 0 Å². The van der Waals surface area contributed by atoms with Crippen LogP contribution in [0.15, 0.2) is 78.9 Å². The number of hydrogen-bond donors (Lipinski definition) is 2. The van der Waals surface area contributed by atoms with Gasteiger partial charge in [0.2, 0.25) is 0 Å². The van der Waals surface area contributed by atoms with Crippen molar-refractivity contribution in [1.29, 1.82) is 0 Å². The van der Waals surface area contributed by atoms with Gasteiger partial charge in [-0.05, 0) is 42.8 Å². The highest BCUT2D eigenvalue weighted by molar-refractivity contribution is 6.06. The molecular formula is C23H22N2O3. The Bertz CT molecular complexity index is 970. The zero-order chi connectivity index (χ0) is 19.9. The van der Waals surface area contributed by atoms with Gasteiger partial charge < -0.3 is 15.4 Å². The maximum absolute atomic E-state index is 12.6. The third-order valence-electron chi connectivity index (χ3n) is 4.36. The van der Waals surface area contributed by atoms with Gasteiger partial charge in [0.05, 0.1) is 13.2 Å². The molecule has 0 aliphatic rings. The van der Waals surface area contributed by atoms with E-state index < -0.39 is 0 Å². The van der Waals surface area contributed by atoms with Gasteiger partial charge in [0.1, 0.15) is 5.75 Å². The van der Waals surface area contributed by atoms with E-state index in [-0.39, 0.29) is 17.9 Å². The van der Waals surface area contributed by atoms with E-state index in [4.69, 9.17) is 4.74 Å². The van der Waals surface area contributed by atoms with Crippen LogP contribution in [-0.2, 0) is 0 Å². The molecule has 0 radical (unpaired) electrons. The highest BCUT2D eigenvalue weighted by Gasteiger charge is 2.14. The van der Waals surface area contributed by atoms with Crippen LogP contribution in [0.4, 0.5) is 5.69 Å². The first-order valence-corrected chi connectivity index (χ1v) is 8.98. The van der Waals surface area contributed by atoms with Crippen LogP contribution in [0.3, 0.4) is 0 Å².